The van der Waals surface area contributed by atoms with Gasteiger partial charge in [-0.1, -0.05) is 12.1 Å². The van der Waals surface area contributed by atoms with E-state index in [1.807, 2.05) is 0 Å². The number of β-amino-alcohol motifs (C(OH)–C–C–N with tert-alkyl or cyclic N) is 1. The smallest absolute Gasteiger partial charge is 0.407 e. The fourth-order valence-electron chi connectivity index (χ4n) is 4.54. The third-order valence-electron chi connectivity index (χ3n) is 5.60. The highest BCUT2D eigenvalue weighted by Gasteiger charge is 2.36. The van der Waals surface area contributed by atoms with Crippen molar-refractivity contribution in [1.82, 2.24) is 9.80 Å². The molecule has 2 heterocycles. The predicted molar refractivity (Wildman–Crippen MR) is 104 cm³/mol. The largest absolute Gasteiger partial charge is 0.465 e. The molecule has 8 nitrogen and oxygen atoms in total. The molecule has 0 aliphatic carbocycles. The third-order valence-corrected chi connectivity index (χ3v) is 5.60. The van der Waals surface area contributed by atoms with Gasteiger partial charge in [0.05, 0.1) is 17.7 Å². The monoisotopic (exact) mass is 401 g/mol. The summed E-state index contributed by atoms with van der Waals surface area (Å²) in [6, 6.07) is 8.87. The van der Waals surface area contributed by atoms with Gasteiger partial charge in [-0.15, -0.1) is 0 Å². The van der Waals surface area contributed by atoms with Gasteiger partial charge < -0.3 is 24.7 Å². The van der Waals surface area contributed by atoms with E-state index >= 15 is 0 Å². The summed E-state index contributed by atoms with van der Waals surface area (Å²) in [6.07, 6.45) is -0.845. The maximum atomic E-state index is 11.5. The minimum absolute atomic E-state index is 0.262. The lowest BCUT2D eigenvalue weighted by molar-refractivity contribution is -0.148. The SMILES string of the molecule is CC(=O)OC(CC(O)CN1CC2CC(C1)CN(C(=O)O)C2)c1ccc(C#N)cc1. The van der Waals surface area contributed by atoms with Crippen LogP contribution in [0.3, 0.4) is 0 Å². The van der Waals surface area contributed by atoms with Gasteiger partial charge in [0.2, 0.25) is 0 Å². The number of benzene rings is 1. The molecular formula is C21H27N3O5. The second-order valence-corrected chi connectivity index (χ2v) is 8.10. The first-order valence-corrected chi connectivity index (χ1v) is 9.89. The molecule has 2 aliphatic rings. The lowest BCUT2D eigenvalue weighted by Crippen LogP contribution is -2.54. The molecule has 1 aromatic rings. The first kappa shape index (κ1) is 21.1. The lowest BCUT2D eigenvalue weighted by Gasteiger charge is -2.45. The number of amides is 1. The first-order valence-electron chi connectivity index (χ1n) is 9.89. The zero-order valence-electron chi connectivity index (χ0n) is 16.5. The Hall–Kier alpha value is -2.63. The van der Waals surface area contributed by atoms with Crippen LogP contribution in [0.4, 0.5) is 4.79 Å². The molecule has 2 fully saturated rings. The van der Waals surface area contributed by atoms with Gasteiger partial charge in [0.1, 0.15) is 6.10 Å². The highest BCUT2D eigenvalue weighted by Crippen LogP contribution is 2.30. The van der Waals surface area contributed by atoms with E-state index in [4.69, 9.17) is 10.00 Å². The quantitative estimate of drug-likeness (QED) is 0.699. The summed E-state index contributed by atoms with van der Waals surface area (Å²) in [5.41, 5.74) is 1.26. The number of carbonyl (C=O) groups is 2. The molecule has 2 saturated heterocycles. The number of esters is 1. The van der Waals surface area contributed by atoms with Crippen LogP contribution in [0.5, 0.6) is 0 Å². The van der Waals surface area contributed by atoms with Crippen LogP contribution in [0.1, 0.15) is 37.0 Å². The van der Waals surface area contributed by atoms with Gasteiger partial charge in [-0.2, -0.15) is 5.26 Å². The summed E-state index contributed by atoms with van der Waals surface area (Å²) >= 11 is 0. The number of rotatable bonds is 6. The molecule has 156 valence electrons. The Labute approximate surface area is 170 Å². The van der Waals surface area contributed by atoms with Crippen molar-refractivity contribution in [2.24, 2.45) is 11.8 Å². The minimum Gasteiger partial charge on any atom is -0.465 e. The van der Waals surface area contributed by atoms with E-state index in [1.54, 1.807) is 24.3 Å². The fraction of sp³-hybridized carbons (Fsp3) is 0.571. The van der Waals surface area contributed by atoms with Crippen LogP contribution < -0.4 is 0 Å². The molecule has 0 spiro atoms. The van der Waals surface area contributed by atoms with Crippen LogP contribution in [-0.4, -0.2) is 70.9 Å². The summed E-state index contributed by atoms with van der Waals surface area (Å²) in [6.45, 7) is 4.38. The maximum Gasteiger partial charge on any atom is 0.407 e. The number of hydrogen-bond donors (Lipinski definition) is 2. The summed E-state index contributed by atoms with van der Waals surface area (Å²) in [7, 11) is 0. The molecular weight excluding hydrogens is 374 g/mol. The topological polar surface area (TPSA) is 114 Å². The summed E-state index contributed by atoms with van der Waals surface area (Å²) < 4.78 is 5.41. The number of carboxylic acid groups (broad SMARTS) is 1. The molecule has 1 amide bonds. The Morgan fingerprint density at radius 3 is 2.34 bits per heavy atom. The number of hydrogen-bond acceptors (Lipinski definition) is 6. The Morgan fingerprint density at radius 2 is 1.83 bits per heavy atom. The highest BCUT2D eigenvalue weighted by molar-refractivity contribution is 5.66. The summed E-state index contributed by atoms with van der Waals surface area (Å²) in [5.74, 6) is 0.148. The van der Waals surface area contributed by atoms with E-state index in [0.29, 0.717) is 25.2 Å². The van der Waals surface area contributed by atoms with E-state index in [9.17, 15) is 19.8 Å². The van der Waals surface area contributed by atoms with Crippen molar-refractivity contribution in [2.45, 2.75) is 32.0 Å². The standard InChI is InChI=1S/C21H27N3O5/c1-14(25)29-20(18-4-2-15(8-22)3-5-18)7-19(26)13-23-9-16-6-17(10-23)12-24(11-16)21(27)28/h2-5,16-17,19-20,26H,6-7,9-13H2,1H3,(H,27,28). The molecule has 2 aliphatic heterocycles. The van der Waals surface area contributed by atoms with Crippen LogP contribution in [0.25, 0.3) is 0 Å². The third kappa shape index (κ3) is 5.68. The number of piperidine rings is 2. The number of likely N-dealkylation sites (tertiary alicyclic amines) is 2. The van der Waals surface area contributed by atoms with Gasteiger partial charge in [-0.25, -0.2) is 4.79 Å². The van der Waals surface area contributed by atoms with Crippen molar-refractivity contribution in [3.8, 4) is 6.07 Å². The number of ether oxygens (including phenoxy) is 1. The van der Waals surface area contributed by atoms with Crippen LogP contribution in [0, 0.1) is 23.2 Å². The molecule has 0 aromatic heterocycles. The Kier molecular flexibility index (Phi) is 6.72. The number of fused-ring (bicyclic) bond motifs is 2. The average molecular weight is 401 g/mol. The van der Waals surface area contributed by atoms with E-state index in [-0.39, 0.29) is 18.3 Å². The van der Waals surface area contributed by atoms with Gasteiger partial charge in [-0.3, -0.25) is 4.79 Å². The van der Waals surface area contributed by atoms with Crippen molar-refractivity contribution in [2.75, 3.05) is 32.7 Å². The average Bonchev–Trinajstić information content (AvgIpc) is 2.66. The van der Waals surface area contributed by atoms with Gasteiger partial charge >= 0.3 is 12.1 Å². The zero-order chi connectivity index (χ0) is 21.0. The van der Waals surface area contributed by atoms with Gasteiger partial charge in [0.25, 0.3) is 0 Å². The zero-order valence-corrected chi connectivity index (χ0v) is 16.5. The normalized spacial score (nSPS) is 23.7. The molecule has 2 N–H and O–H groups in total. The number of aliphatic hydroxyl groups excluding tert-OH is 1. The molecule has 2 bridgehead atoms. The van der Waals surface area contributed by atoms with Crippen LogP contribution in [-0.2, 0) is 9.53 Å². The maximum absolute atomic E-state index is 11.5. The Bertz CT molecular complexity index is 762. The van der Waals surface area contributed by atoms with Gasteiger partial charge in [-0.05, 0) is 36.0 Å². The molecule has 0 saturated carbocycles. The van der Waals surface area contributed by atoms with Gasteiger partial charge in [0.15, 0.2) is 0 Å². The second-order valence-electron chi connectivity index (χ2n) is 8.10. The highest BCUT2D eigenvalue weighted by atomic mass is 16.5. The molecule has 4 unspecified atom stereocenters. The van der Waals surface area contributed by atoms with Crippen molar-refractivity contribution < 1.29 is 24.5 Å². The van der Waals surface area contributed by atoms with E-state index in [0.717, 1.165) is 25.1 Å². The predicted octanol–water partition coefficient (Wildman–Crippen LogP) is 1.85. The lowest BCUT2D eigenvalue weighted by atomic mass is 9.84. The van der Waals surface area contributed by atoms with Crippen LogP contribution in [0.2, 0.25) is 0 Å². The van der Waals surface area contributed by atoms with Gasteiger partial charge in [0, 0.05) is 46.1 Å². The van der Waals surface area contributed by atoms with E-state index in [1.165, 1.54) is 11.8 Å². The fourth-order valence-corrected chi connectivity index (χ4v) is 4.54. The van der Waals surface area contributed by atoms with Crippen LogP contribution >= 0.6 is 0 Å². The molecule has 1 aromatic carbocycles. The molecule has 4 atom stereocenters. The molecule has 0 radical (unpaired) electrons. The Morgan fingerprint density at radius 1 is 1.21 bits per heavy atom. The minimum atomic E-state index is -0.861. The van der Waals surface area contributed by atoms with E-state index < -0.39 is 24.3 Å². The van der Waals surface area contributed by atoms with Crippen molar-refractivity contribution in [1.29, 1.82) is 5.26 Å². The van der Waals surface area contributed by atoms with E-state index in [2.05, 4.69) is 11.0 Å². The second kappa shape index (κ2) is 9.25. The van der Waals surface area contributed by atoms with Crippen LogP contribution in [0.15, 0.2) is 24.3 Å². The molecule has 8 heteroatoms. The summed E-state index contributed by atoms with van der Waals surface area (Å²) in [5, 5.41) is 28.8. The molecule has 3 rings (SSSR count). The number of carbonyl (C=O) groups excluding carboxylic acids is 1. The Balaban J connectivity index is 1.59. The van der Waals surface area contributed by atoms with Crippen molar-refractivity contribution in [3.05, 3.63) is 35.4 Å². The molecule has 29 heavy (non-hydrogen) atoms. The number of nitriles is 1. The van der Waals surface area contributed by atoms with Crippen molar-refractivity contribution >= 4 is 12.1 Å². The van der Waals surface area contributed by atoms with Crippen molar-refractivity contribution in [3.63, 3.8) is 0 Å². The number of nitrogens with zero attached hydrogens (tertiary/aromatic N) is 3. The number of aliphatic hydroxyl groups is 1. The summed E-state index contributed by atoms with van der Waals surface area (Å²) in [4.78, 5) is 26.4. The first-order chi connectivity index (χ1) is 13.8.